The van der Waals surface area contributed by atoms with E-state index in [1.165, 1.54) is 36.4 Å². The van der Waals surface area contributed by atoms with E-state index in [0.717, 1.165) is 17.3 Å². The maximum Gasteiger partial charge on any atom is 0.271 e. The Balaban J connectivity index is 2.14. The molecule has 7 nitrogen and oxygen atoms in total. The van der Waals surface area contributed by atoms with E-state index in [0.29, 0.717) is 23.4 Å². The van der Waals surface area contributed by atoms with E-state index in [4.69, 9.17) is 9.26 Å². The second-order valence-corrected chi connectivity index (χ2v) is 17.8. The minimum atomic E-state index is -4.34. The number of hydrogen-bond acceptors (Lipinski definition) is 6. The molecule has 1 heterocycles. The standard InChI is InChI=1S/C26H34F2N2O5SSi/c1-18-19(2)29-35-25(18)30(17-34-13-14-37(4,5)6)36(32,33)24-10-8-7-9-22(24)21-12-11-20(16-31)15-23(21)26(3,27)28/h7-12,15,31H,13-14,16-17H2,1-6H3. The second kappa shape index (κ2) is 11.0. The quantitative estimate of drug-likeness (QED) is 0.176. The fourth-order valence-corrected chi connectivity index (χ4v) is 6.02. The van der Waals surface area contributed by atoms with Crippen molar-refractivity contribution in [2.45, 2.75) is 63.9 Å². The first-order valence-electron chi connectivity index (χ1n) is 11.9. The average molecular weight is 553 g/mol. The van der Waals surface area contributed by atoms with Crippen molar-refractivity contribution in [2.75, 3.05) is 17.6 Å². The van der Waals surface area contributed by atoms with Crippen molar-refractivity contribution in [2.24, 2.45) is 0 Å². The topological polar surface area (TPSA) is 92.9 Å². The lowest BCUT2D eigenvalue weighted by atomic mass is 9.94. The number of benzene rings is 2. The van der Waals surface area contributed by atoms with Gasteiger partial charge in [0.15, 0.2) is 0 Å². The van der Waals surface area contributed by atoms with Crippen LogP contribution in [0.15, 0.2) is 51.9 Å². The van der Waals surface area contributed by atoms with Crippen molar-refractivity contribution in [1.29, 1.82) is 0 Å². The SMILES string of the molecule is Cc1noc(N(COCC[Si](C)(C)C)S(=O)(=O)c2ccccc2-c2ccc(CO)cc2C(C)(F)F)c1C. The number of aliphatic hydroxyl groups is 1. The summed E-state index contributed by atoms with van der Waals surface area (Å²) < 4.78 is 69.7. The van der Waals surface area contributed by atoms with Crippen LogP contribution in [0.5, 0.6) is 0 Å². The van der Waals surface area contributed by atoms with Crippen LogP contribution in [-0.2, 0) is 27.3 Å². The highest BCUT2D eigenvalue weighted by atomic mass is 32.2. The summed E-state index contributed by atoms with van der Waals surface area (Å²) in [5.41, 5.74) is 1.12. The summed E-state index contributed by atoms with van der Waals surface area (Å²) in [5.74, 6) is -3.27. The molecule has 0 saturated heterocycles. The van der Waals surface area contributed by atoms with E-state index < -0.39 is 30.6 Å². The van der Waals surface area contributed by atoms with Crippen LogP contribution in [0.4, 0.5) is 14.7 Å². The van der Waals surface area contributed by atoms with Gasteiger partial charge >= 0.3 is 0 Å². The summed E-state index contributed by atoms with van der Waals surface area (Å²) in [6.45, 7) is 10.3. The number of hydrogen-bond donors (Lipinski definition) is 1. The Kier molecular flexibility index (Phi) is 8.63. The molecule has 3 aromatic rings. The number of sulfonamides is 1. The Hall–Kier alpha value is -2.60. The largest absolute Gasteiger partial charge is 0.392 e. The Morgan fingerprint density at radius 3 is 2.35 bits per heavy atom. The van der Waals surface area contributed by atoms with Crippen molar-refractivity contribution in [1.82, 2.24) is 5.16 Å². The third-order valence-corrected chi connectivity index (χ3v) is 9.52. The third kappa shape index (κ3) is 6.64. The molecule has 0 atom stereocenters. The molecule has 0 unspecified atom stereocenters. The molecule has 202 valence electrons. The van der Waals surface area contributed by atoms with Gasteiger partial charge in [-0.15, -0.1) is 0 Å². The number of ether oxygens (including phenoxy) is 1. The summed E-state index contributed by atoms with van der Waals surface area (Å²) in [6.07, 6.45) is 0. The molecule has 3 rings (SSSR count). The smallest absolute Gasteiger partial charge is 0.271 e. The second-order valence-electron chi connectivity index (χ2n) is 10.3. The molecule has 0 radical (unpaired) electrons. The van der Waals surface area contributed by atoms with Gasteiger partial charge in [0.25, 0.3) is 15.9 Å². The number of anilines is 1. The molecule has 1 aromatic heterocycles. The lowest BCUT2D eigenvalue weighted by Crippen LogP contribution is -2.34. The predicted octanol–water partition coefficient (Wildman–Crippen LogP) is 6.07. The first kappa shape index (κ1) is 29.0. The minimum Gasteiger partial charge on any atom is -0.392 e. The molecular weight excluding hydrogens is 518 g/mol. The van der Waals surface area contributed by atoms with E-state index in [-0.39, 0.29) is 34.2 Å². The zero-order chi connectivity index (χ0) is 27.6. The molecule has 37 heavy (non-hydrogen) atoms. The van der Waals surface area contributed by atoms with Crippen LogP contribution < -0.4 is 4.31 Å². The van der Waals surface area contributed by atoms with Gasteiger partial charge in [0.1, 0.15) is 6.73 Å². The molecule has 0 aliphatic carbocycles. The van der Waals surface area contributed by atoms with Crippen LogP contribution in [0.1, 0.15) is 29.3 Å². The lowest BCUT2D eigenvalue weighted by molar-refractivity contribution is 0.0179. The van der Waals surface area contributed by atoms with Gasteiger partial charge in [-0.05, 0) is 43.2 Å². The number of alkyl halides is 2. The van der Waals surface area contributed by atoms with Crippen LogP contribution >= 0.6 is 0 Å². The van der Waals surface area contributed by atoms with E-state index in [1.807, 2.05) is 0 Å². The fraction of sp³-hybridized carbons (Fsp3) is 0.423. The normalized spacial score (nSPS) is 12.7. The molecule has 0 aliphatic heterocycles. The molecule has 2 aromatic carbocycles. The molecule has 0 bridgehead atoms. The first-order chi connectivity index (χ1) is 17.2. The molecule has 1 N–H and O–H groups in total. The fourth-order valence-electron chi connectivity index (χ4n) is 3.72. The highest BCUT2D eigenvalue weighted by molar-refractivity contribution is 7.93. The number of aliphatic hydroxyl groups excluding tert-OH is 1. The minimum absolute atomic E-state index is 0.0111. The van der Waals surface area contributed by atoms with E-state index in [2.05, 4.69) is 24.8 Å². The van der Waals surface area contributed by atoms with Crippen LogP contribution in [0, 0.1) is 13.8 Å². The molecular formula is C26H34F2N2O5SSi. The zero-order valence-electron chi connectivity index (χ0n) is 22.0. The summed E-state index contributed by atoms with van der Waals surface area (Å²) in [5, 5.41) is 13.4. The van der Waals surface area contributed by atoms with Crippen molar-refractivity contribution in [3.63, 3.8) is 0 Å². The average Bonchev–Trinajstić information content (AvgIpc) is 3.15. The van der Waals surface area contributed by atoms with Crippen molar-refractivity contribution in [3.8, 4) is 11.1 Å². The van der Waals surface area contributed by atoms with Gasteiger partial charge in [0, 0.05) is 38.3 Å². The number of nitrogens with zero attached hydrogens (tertiary/aromatic N) is 2. The Morgan fingerprint density at radius 1 is 1.11 bits per heavy atom. The molecule has 0 saturated carbocycles. The van der Waals surface area contributed by atoms with Crippen molar-refractivity contribution < 1.29 is 31.6 Å². The molecule has 0 amide bonds. The van der Waals surface area contributed by atoms with Gasteiger partial charge in [-0.1, -0.05) is 55.1 Å². The third-order valence-electron chi connectivity index (χ3n) is 6.05. The highest BCUT2D eigenvalue weighted by Crippen LogP contribution is 2.40. The van der Waals surface area contributed by atoms with E-state index in [9.17, 15) is 22.3 Å². The summed E-state index contributed by atoms with van der Waals surface area (Å²) in [7, 11) is -5.77. The Morgan fingerprint density at radius 2 is 1.78 bits per heavy atom. The molecule has 0 fully saturated rings. The van der Waals surface area contributed by atoms with Crippen molar-refractivity contribution >= 4 is 24.0 Å². The van der Waals surface area contributed by atoms with E-state index in [1.54, 1.807) is 19.9 Å². The monoisotopic (exact) mass is 552 g/mol. The summed E-state index contributed by atoms with van der Waals surface area (Å²) >= 11 is 0. The van der Waals surface area contributed by atoms with Gasteiger partial charge in [-0.2, -0.15) is 0 Å². The van der Waals surface area contributed by atoms with E-state index >= 15 is 0 Å². The van der Waals surface area contributed by atoms with Gasteiger partial charge in [-0.3, -0.25) is 0 Å². The molecule has 0 aliphatic rings. The lowest BCUT2D eigenvalue weighted by Gasteiger charge is -2.25. The number of rotatable bonds is 11. The van der Waals surface area contributed by atoms with Crippen molar-refractivity contribution in [3.05, 3.63) is 64.8 Å². The molecule has 0 spiro atoms. The predicted molar refractivity (Wildman–Crippen MR) is 142 cm³/mol. The van der Waals surface area contributed by atoms with Crippen LogP contribution in [0.3, 0.4) is 0 Å². The summed E-state index contributed by atoms with van der Waals surface area (Å²) in [4.78, 5) is -0.181. The molecule has 11 heteroatoms. The Labute approximate surface area is 218 Å². The maximum absolute atomic E-state index is 14.6. The van der Waals surface area contributed by atoms with Crippen LogP contribution in [0.25, 0.3) is 11.1 Å². The maximum atomic E-state index is 14.6. The van der Waals surface area contributed by atoms with Gasteiger partial charge < -0.3 is 14.4 Å². The van der Waals surface area contributed by atoms with Gasteiger partial charge in [0.2, 0.25) is 5.88 Å². The highest BCUT2D eigenvalue weighted by Gasteiger charge is 2.35. The zero-order valence-corrected chi connectivity index (χ0v) is 23.8. The van der Waals surface area contributed by atoms with Crippen LogP contribution in [0.2, 0.25) is 25.7 Å². The summed E-state index contributed by atoms with van der Waals surface area (Å²) in [6, 6.07) is 10.9. The Bertz CT molecular complexity index is 1350. The number of aryl methyl sites for hydroxylation is 1. The number of halogens is 2. The number of aromatic nitrogens is 1. The van der Waals surface area contributed by atoms with Gasteiger partial charge in [-0.25, -0.2) is 21.5 Å². The first-order valence-corrected chi connectivity index (χ1v) is 17.1. The van der Waals surface area contributed by atoms with Gasteiger partial charge in [0.05, 0.1) is 17.2 Å². The van der Waals surface area contributed by atoms with Crippen LogP contribution in [-0.4, -0.2) is 40.1 Å².